The van der Waals surface area contributed by atoms with Gasteiger partial charge in [-0.2, -0.15) is 13.2 Å². The third-order valence-corrected chi connectivity index (χ3v) is 6.80. The van der Waals surface area contributed by atoms with Gasteiger partial charge < -0.3 is 30.6 Å². The van der Waals surface area contributed by atoms with Crippen molar-refractivity contribution in [1.82, 2.24) is 10.6 Å². The molecule has 0 bridgehead atoms. The fourth-order valence-electron chi connectivity index (χ4n) is 4.57. The number of halogens is 7. The number of carbonyl (C=O) groups excluding carboxylic acids is 2. The number of benzene rings is 3. The average Bonchev–Trinajstić information content (AvgIpc) is 3.01. The van der Waals surface area contributed by atoms with E-state index in [1.54, 1.807) is 0 Å². The molecule has 0 saturated carbocycles. The van der Waals surface area contributed by atoms with E-state index < -0.39 is 78.1 Å². The number of carbonyl (C=O) groups is 2. The van der Waals surface area contributed by atoms with E-state index in [0.29, 0.717) is 17.2 Å². The van der Waals surface area contributed by atoms with Gasteiger partial charge in [-0.25, -0.2) is 22.4 Å². The first-order chi connectivity index (χ1) is 22.2. The smallest absolute Gasteiger partial charge is 0.412 e. The minimum Gasteiger partial charge on any atom is -0.486 e. The highest BCUT2D eigenvalue weighted by Crippen LogP contribution is 2.39. The zero-order chi connectivity index (χ0) is 34.3. The Balaban J connectivity index is 1.52. The van der Waals surface area contributed by atoms with Gasteiger partial charge in [0.25, 0.3) is 0 Å². The summed E-state index contributed by atoms with van der Waals surface area (Å²) in [5, 5.41) is 4.45. The van der Waals surface area contributed by atoms with Crippen LogP contribution in [0.3, 0.4) is 0 Å². The van der Waals surface area contributed by atoms with Gasteiger partial charge in [0.15, 0.2) is 11.6 Å². The second kappa shape index (κ2) is 15.3. The standard InChI is InChI=1S/C31H29F7N4O5/c1-17(47-30(44)41-16-31(36,37)38)25-15-45-23(13-40-25)14-46-29-24(35)9-22(34)11-27(29)42(28(43)12-39)26-10-21(33)7-4-19(26)8-18-2-5-20(32)6-3-18/h2-7,9-11,23,25,40H,1,8,12-16,39H2,(H,41,44)/t23-,25-/m0/s1. The number of ether oxygens (including phenoxy) is 3. The Labute approximate surface area is 264 Å². The molecule has 9 nitrogen and oxygen atoms in total. The summed E-state index contributed by atoms with van der Waals surface area (Å²) in [5.41, 5.74) is 6.08. The summed E-state index contributed by atoms with van der Waals surface area (Å²) >= 11 is 0. The van der Waals surface area contributed by atoms with Crippen LogP contribution in [-0.2, 0) is 20.7 Å². The largest absolute Gasteiger partial charge is 0.486 e. The van der Waals surface area contributed by atoms with Gasteiger partial charge in [-0.1, -0.05) is 24.8 Å². The molecule has 0 unspecified atom stereocenters. The molecule has 1 aliphatic rings. The number of alkyl halides is 3. The minimum absolute atomic E-state index is 0.00647. The predicted octanol–water partition coefficient (Wildman–Crippen LogP) is 5.00. The fraction of sp³-hybridized carbons (Fsp3) is 0.290. The summed E-state index contributed by atoms with van der Waals surface area (Å²) in [5.74, 6) is -5.18. The Morgan fingerprint density at radius 2 is 1.68 bits per heavy atom. The van der Waals surface area contributed by atoms with Gasteiger partial charge in [-0.15, -0.1) is 0 Å². The fourth-order valence-corrected chi connectivity index (χ4v) is 4.57. The van der Waals surface area contributed by atoms with Crippen LogP contribution in [0.1, 0.15) is 11.1 Å². The number of anilines is 2. The number of nitrogens with one attached hydrogen (secondary N) is 2. The number of morpholine rings is 1. The lowest BCUT2D eigenvalue weighted by Crippen LogP contribution is -2.50. The molecule has 1 fully saturated rings. The van der Waals surface area contributed by atoms with E-state index in [9.17, 15) is 35.9 Å². The van der Waals surface area contributed by atoms with E-state index in [2.05, 4.69) is 11.9 Å². The molecule has 4 rings (SSSR count). The Hall–Kier alpha value is -4.67. The quantitative estimate of drug-likeness (QED) is 0.195. The molecule has 16 heteroatoms. The van der Waals surface area contributed by atoms with Crippen molar-refractivity contribution in [3.05, 3.63) is 101 Å². The van der Waals surface area contributed by atoms with Crippen molar-refractivity contribution < 1.29 is 54.5 Å². The molecule has 4 N–H and O–H groups in total. The normalized spacial score (nSPS) is 16.3. The van der Waals surface area contributed by atoms with Gasteiger partial charge in [0.1, 0.15) is 42.5 Å². The van der Waals surface area contributed by atoms with Crippen molar-refractivity contribution in [3.63, 3.8) is 0 Å². The van der Waals surface area contributed by atoms with Crippen molar-refractivity contribution in [2.45, 2.75) is 24.7 Å². The van der Waals surface area contributed by atoms with E-state index in [1.807, 2.05) is 0 Å². The van der Waals surface area contributed by atoms with Crippen LogP contribution < -0.4 is 26.0 Å². The SMILES string of the molecule is C=C(OC(=O)NCC(F)(F)F)[C@@H]1CO[C@H](COc2c(F)cc(F)cc2N(C(=O)CN)c2cc(F)ccc2Cc2ccc(F)cc2)CN1. The number of nitrogens with two attached hydrogens (primary N) is 1. The van der Waals surface area contributed by atoms with Crippen molar-refractivity contribution in [2.75, 3.05) is 37.7 Å². The molecular formula is C31H29F7N4O5. The highest BCUT2D eigenvalue weighted by atomic mass is 19.4. The molecule has 2 atom stereocenters. The first kappa shape index (κ1) is 35.2. The lowest BCUT2D eigenvalue weighted by molar-refractivity contribution is -0.123. The second-order valence-electron chi connectivity index (χ2n) is 10.3. The van der Waals surface area contributed by atoms with Crippen LogP contribution in [-0.4, -0.2) is 63.2 Å². The number of hydrogen-bond acceptors (Lipinski definition) is 7. The maximum atomic E-state index is 15.3. The van der Waals surface area contributed by atoms with Crippen LogP contribution in [0.25, 0.3) is 0 Å². The molecule has 1 saturated heterocycles. The lowest BCUT2D eigenvalue weighted by atomic mass is 10.0. The molecule has 3 aromatic rings. The van der Waals surface area contributed by atoms with Gasteiger partial charge in [0.2, 0.25) is 5.91 Å². The van der Waals surface area contributed by atoms with E-state index in [0.717, 1.165) is 23.1 Å². The number of alkyl carbamates (subject to hydrolysis) is 1. The zero-order valence-corrected chi connectivity index (χ0v) is 24.5. The molecule has 47 heavy (non-hydrogen) atoms. The topological polar surface area (TPSA) is 115 Å². The van der Waals surface area contributed by atoms with Crippen LogP contribution in [0.15, 0.2) is 66.9 Å². The van der Waals surface area contributed by atoms with Gasteiger partial charge in [-0.3, -0.25) is 9.69 Å². The van der Waals surface area contributed by atoms with Crippen molar-refractivity contribution in [2.24, 2.45) is 5.73 Å². The predicted molar refractivity (Wildman–Crippen MR) is 155 cm³/mol. The van der Waals surface area contributed by atoms with E-state index in [-0.39, 0.29) is 37.6 Å². The molecule has 252 valence electrons. The molecule has 2 amide bonds. The monoisotopic (exact) mass is 670 g/mol. The van der Waals surface area contributed by atoms with Gasteiger partial charge >= 0.3 is 12.3 Å². The van der Waals surface area contributed by atoms with Crippen LogP contribution in [0.4, 0.5) is 46.9 Å². The Morgan fingerprint density at radius 3 is 2.32 bits per heavy atom. The van der Waals surface area contributed by atoms with Crippen molar-refractivity contribution in [3.8, 4) is 5.75 Å². The molecule has 0 spiro atoms. The molecule has 3 aromatic carbocycles. The highest BCUT2D eigenvalue weighted by molar-refractivity contribution is 6.03. The Kier molecular flexibility index (Phi) is 11.4. The molecule has 0 radical (unpaired) electrons. The first-order valence-corrected chi connectivity index (χ1v) is 14.0. The highest BCUT2D eigenvalue weighted by Gasteiger charge is 2.31. The van der Waals surface area contributed by atoms with Crippen LogP contribution in [0.5, 0.6) is 5.75 Å². The van der Waals surface area contributed by atoms with E-state index in [1.165, 1.54) is 35.6 Å². The van der Waals surface area contributed by atoms with Gasteiger partial charge in [0, 0.05) is 18.7 Å². The Bertz CT molecular complexity index is 1600. The van der Waals surface area contributed by atoms with Gasteiger partial charge in [-0.05, 0) is 41.8 Å². The Morgan fingerprint density at radius 1 is 1.00 bits per heavy atom. The summed E-state index contributed by atoms with van der Waals surface area (Å²) in [4.78, 5) is 25.7. The van der Waals surface area contributed by atoms with Crippen LogP contribution in [0.2, 0.25) is 0 Å². The maximum Gasteiger partial charge on any atom is 0.412 e. The van der Waals surface area contributed by atoms with E-state index >= 15 is 4.39 Å². The summed E-state index contributed by atoms with van der Waals surface area (Å²) < 4.78 is 111. The number of amides is 2. The summed E-state index contributed by atoms with van der Waals surface area (Å²) in [6.45, 7) is 0.754. The van der Waals surface area contributed by atoms with Gasteiger partial charge in [0.05, 0.1) is 30.6 Å². The molecule has 1 aliphatic heterocycles. The van der Waals surface area contributed by atoms with Crippen molar-refractivity contribution in [1.29, 1.82) is 0 Å². The van der Waals surface area contributed by atoms with Crippen LogP contribution in [0, 0.1) is 23.3 Å². The molecule has 1 heterocycles. The number of rotatable bonds is 11. The maximum absolute atomic E-state index is 15.3. The van der Waals surface area contributed by atoms with Crippen LogP contribution >= 0.6 is 0 Å². The summed E-state index contributed by atoms with van der Waals surface area (Å²) in [6, 6.07) is 9.45. The van der Waals surface area contributed by atoms with E-state index in [4.69, 9.17) is 19.9 Å². The lowest BCUT2D eigenvalue weighted by Gasteiger charge is -2.31. The van der Waals surface area contributed by atoms with Crippen molar-refractivity contribution >= 4 is 23.4 Å². The third kappa shape index (κ3) is 9.67. The number of nitrogens with zero attached hydrogens (tertiary/aromatic N) is 1. The number of hydrogen-bond donors (Lipinski definition) is 3. The second-order valence-corrected chi connectivity index (χ2v) is 10.3. The minimum atomic E-state index is -4.64. The zero-order valence-electron chi connectivity index (χ0n) is 24.5. The average molecular weight is 671 g/mol. The summed E-state index contributed by atoms with van der Waals surface area (Å²) in [7, 11) is 0. The third-order valence-electron chi connectivity index (χ3n) is 6.80. The molecular weight excluding hydrogens is 641 g/mol. The first-order valence-electron chi connectivity index (χ1n) is 14.0. The molecule has 0 aromatic heterocycles. The molecule has 0 aliphatic carbocycles. The summed E-state index contributed by atoms with van der Waals surface area (Å²) in [6.07, 6.45) is -6.70.